The highest BCUT2D eigenvalue weighted by molar-refractivity contribution is 5.81. The molecule has 2 aliphatic rings. The van der Waals surface area contributed by atoms with Crippen molar-refractivity contribution in [2.24, 2.45) is 11.8 Å². The zero-order valence-electron chi connectivity index (χ0n) is 14.9. The maximum absolute atomic E-state index is 12.6. The first-order valence-corrected chi connectivity index (χ1v) is 9.29. The van der Waals surface area contributed by atoms with Gasteiger partial charge in [-0.2, -0.15) is 0 Å². The number of hydrogen-bond acceptors (Lipinski definition) is 3. The molecule has 23 heavy (non-hydrogen) atoms. The first kappa shape index (κ1) is 18.2. The largest absolute Gasteiger partial charge is 0.355 e. The van der Waals surface area contributed by atoms with E-state index in [-0.39, 0.29) is 17.7 Å². The van der Waals surface area contributed by atoms with Gasteiger partial charge < -0.3 is 15.1 Å². The second kappa shape index (κ2) is 9.26. The molecule has 1 saturated carbocycles. The lowest BCUT2D eigenvalue weighted by atomic mass is 9.81. The zero-order valence-corrected chi connectivity index (χ0v) is 14.9. The fourth-order valence-corrected chi connectivity index (χ4v) is 3.70. The fourth-order valence-electron chi connectivity index (χ4n) is 3.70. The van der Waals surface area contributed by atoms with Gasteiger partial charge in [-0.1, -0.05) is 12.8 Å². The van der Waals surface area contributed by atoms with E-state index in [2.05, 4.69) is 15.1 Å². The van der Waals surface area contributed by atoms with Crippen molar-refractivity contribution in [3.63, 3.8) is 0 Å². The average Bonchev–Trinajstić information content (AvgIpc) is 2.83. The third-order valence-electron chi connectivity index (χ3n) is 5.22. The van der Waals surface area contributed by atoms with Gasteiger partial charge in [0.15, 0.2) is 0 Å². The van der Waals surface area contributed by atoms with Gasteiger partial charge in [0.25, 0.3) is 0 Å². The SMILES string of the molecule is CN(C)CCNC(=O)C1CCC(C(=O)N2CCCCCC2)CC1. The number of nitrogens with one attached hydrogen (secondary N) is 1. The second-order valence-electron chi connectivity index (χ2n) is 7.38. The predicted molar refractivity (Wildman–Crippen MR) is 92.1 cm³/mol. The average molecular weight is 323 g/mol. The second-order valence-corrected chi connectivity index (χ2v) is 7.38. The number of likely N-dealkylation sites (tertiary alicyclic amines) is 1. The summed E-state index contributed by atoms with van der Waals surface area (Å²) in [6.07, 6.45) is 8.27. The van der Waals surface area contributed by atoms with Crippen LogP contribution in [0, 0.1) is 11.8 Å². The van der Waals surface area contributed by atoms with Gasteiger partial charge in [-0.25, -0.2) is 0 Å². The Morgan fingerprint density at radius 1 is 0.957 bits per heavy atom. The van der Waals surface area contributed by atoms with Gasteiger partial charge in [-0.3, -0.25) is 9.59 Å². The maximum Gasteiger partial charge on any atom is 0.225 e. The minimum absolute atomic E-state index is 0.102. The van der Waals surface area contributed by atoms with E-state index in [1.807, 2.05) is 14.1 Å². The molecule has 1 N–H and O–H groups in total. The van der Waals surface area contributed by atoms with Crippen LogP contribution < -0.4 is 5.32 Å². The Labute approximate surface area is 140 Å². The molecular weight excluding hydrogens is 290 g/mol. The van der Waals surface area contributed by atoms with Crippen molar-refractivity contribution in [2.45, 2.75) is 51.4 Å². The standard InChI is InChI=1S/C18H33N3O2/c1-20(2)14-11-19-17(22)15-7-9-16(10-8-15)18(23)21-12-5-3-4-6-13-21/h15-16H,3-14H2,1-2H3,(H,19,22). The van der Waals surface area contributed by atoms with Crippen LogP contribution >= 0.6 is 0 Å². The summed E-state index contributed by atoms with van der Waals surface area (Å²) in [7, 11) is 4.01. The lowest BCUT2D eigenvalue weighted by Gasteiger charge is -2.31. The van der Waals surface area contributed by atoms with E-state index >= 15 is 0 Å². The molecule has 2 rings (SSSR count). The third-order valence-corrected chi connectivity index (χ3v) is 5.22. The maximum atomic E-state index is 12.6. The minimum atomic E-state index is 0.102. The number of amides is 2. The van der Waals surface area contributed by atoms with Gasteiger partial charge in [0.2, 0.25) is 11.8 Å². The lowest BCUT2D eigenvalue weighted by molar-refractivity contribution is -0.138. The van der Waals surface area contributed by atoms with Crippen LogP contribution in [0.25, 0.3) is 0 Å². The number of rotatable bonds is 5. The number of nitrogens with zero attached hydrogens (tertiary/aromatic N) is 2. The van der Waals surface area contributed by atoms with Gasteiger partial charge in [0.1, 0.15) is 0 Å². The van der Waals surface area contributed by atoms with Crippen LogP contribution in [-0.4, -0.2) is 61.9 Å². The Balaban J connectivity index is 1.72. The lowest BCUT2D eigenvalue weighted by Crippen LogP contribution is -2.41. The molecule has 1 aliphatic carbocycles. The van der Waals surface area contributed by atoms with Gasteiger partial charge in [-0.05, 0) is 52.6 Å². The van der Waals surface area contributed by atoms with E-state index in [1.54, 1.807) is 0 Å². The normalized spacial score (nSPS) is 26.0. The Morgan fingerprint density at radius 3 is 2.09 bits per heavy atom. The Kier molecular flexibility index (Phi) is 7.34. The molecule has 1 aliphatic heterocycles. The Morgan fingerprint density at radius 2 is 1.52 bits per heavy atom. The smallest absolute Gasteiger partial charge is 0.225 e. The molecule has 1 heterocycles. The summed E-state index contributed by atoms with van der Waals surface area (Å²) < 4.78 is 0. The van der Waals surface area contributed by atoms with Crippen molar-refractivity contribution in [1.82, 2.24) is 15.1 Å². The predicted octanol–water partition coefficient (Wildman–Crippen LogP) is 1.87. The van der Waals surface area contributed by atoms with E-state index in [1.165, 1.54) is 12.8 Å². The minimum Gasteiger partial charge on any atom is -0.355 e. The van der Waals surface area contributed by atoms with Crippen LogP contribution in [0.2, 0.25) is 0 Å². The highest BCUT2D eigenvalue weighted by Gasteiger charge is 2.32. The van der Waals surface area contributed by atoms with Crippen LogP contribution in [0.1, 0.15) is 51.4 Å². The Bertz CT molecular complexity index is 382. The molecule has 2 amide bonds. The quantitative estimate of drug-likeness (QED) is 0.840. The van der Waals surface area contributed by atoms with Crippen molar-refractivity contribution in [2.75, 3.05) is 40.3 Å². The first-order valence-electron chi connectivity index (χ1n) is 9.29. The summed E-state index contributed by atoms with van der Waals surface area (Å²) in [4.78, 5) is 29.0. The van der Waals surface area contributed by atoms with Crippen LogP contribution in [0.4, 0.5) is 0 Å². The number of carbonyl (C=O) groups excluding carboxylic acids is 2. The molecule has 2 fully saturated rings. The zero-order chi connectivity index (χ0) is 16.7. The highest BCUT2D eigenvalue weighted by Crippen LogP contribution is 2.30. The van der Waals surface area contributed by atoms with Gasteiger partial charge >= 0.3 is 0 Å². The van der Waals surface area contributed by atoms with Crippen LogP contribution in [-0.2, 0) is 9.59 Å². The van der Waals surface area contributed by atoms with Crippen molar-refractivity contribution in [3.8, 4) is 0 Å². The molecule has 5 nitrogen and oxygen atoms in total. The number of likely N-dealkylation sites (N-methyl/N-ethyl adjacent to an activating group) is 1. The van der Waals surface area contributed by atoms with E-state index < -0.39 is 0 Å². The van der Waals surface area contributed by atoms with Crippen molar-refractivity contribution in [3.05, 3.63) is 0 Å². The van der Waals surface area contributed by atoms with E-state index in [0.717, 1.165) is 58.2 Å². The first-order chi connectivity index (χ1) is 11.1. The molecule has 0 radical (unpaired) electrons. The van der Waals surface area contributed by atoms with E-state index in [0.29, 0.717) is 12.5 Å². The van der Waals surface area contributed by atoms with Crippen LogP contribution in [0.15, 0.2) is 0 Å². The van der Waals surface area contributed by atoms with Gasteiger partial charge in [0.05, 0.1) is 0 Å². The molecule has 0 aromatic rings. The molecular formula is C18H33N3O2. The molecule has 5 heteroatoms. The van der Waals surface area contributed by atoms with E-state index in [4.69, 9.17) is 0 Å². The van der Waals surface area contributed by atoms with Crippen LogP contribution in [0.3, 0.4) is 0 Å². The van der Waals surface area contributed by atoms with Crippen LogP contribution in [0.5, 0.6) is 0 Å². The fraction of sp³-hybridized carbons (Fsp3) is 0.889. The summed E-state index contributed by atoms with van der Waals surface area (Å²) >= 11 is 0. The third kappa shape index (κ3) is 5.79. The van der Waals surface area contributed by atoms with Gasteiger partial charge in [0, 0.05) is 38.0 Å². The number of carbonyl (C=O) groups is 2. The molecule has 1 saturated heterocycles. The highest BCUT2D eigenvalue weighted by atomic mass is 16.2. The molecule has 0 unspecified atom stereocenters. The Hall–Kier alpha value is -1.10. The van der Waals surface area contributed by atoms with Crippen molar-refractivity contribution in [1.29, 1.82) is 0 Å². The van der Waals surface area contributed by atoms with Crippen molar-refractivity contribution < 1.29 is 9.59 Å². The van der Waals surface area contributed by atoms with Gasteiger partial charge in [-0.15, -0.1) is 0 Å². The molecule has 0 spiro atoms. The summed E-state index contributed by atoms with van der Waals surface area (Å²) in [6, 6.07) is 0. The number of hydrogen-bond donors (Lipinski definition) is 1. The molecule has 132 valence electrons. The molecule has 0 bridgehead atoms. The topological polar surface area (TPSA) is 52.7 Å². The monoisotopic (exact) mass is 323 g/mol. The summed E-state index contributed by atoms with van der Waals surface area (Å²) in [5.41, 5.74) is 0. The molecule has 0 aromatic heterocycles. The summed E-state index contributed by atoms with van der Waals surface area (Å²) in [5.74, 6) is 0.773. The summed E-state index contributed by atoms with van der Waals surface area (Å²) in [6.45, 7) is 3.45. The van der Waals surface area contributed by atoms with E-state index in [9.17, 15) is 9.59 Å². The molecule has 0 aromatic carbocycles. The van der Waals surface area contributed by atoms with Crippen molar-refractivity contribution >= 4 is 11.8 Å². The molecule has 0 atom stereocenters. The summed E-state index contributed by atoms with van der Waals surface area (Å²) in [5, 5.41) is 3.02.